The summed E-state index contributed by atoms with van der Waals surface area (Å²) in [4.78, 5) is 15.0. The van der Waals surface area contributed by atoms with Crippen LogP contribution >= 0.6 is 0 Å². The van der Waals surface area contributed by atoms with Crippen LogP contribution in [-0.2, 0) is 6.54 Å². The van der Waals surface area contributed by atoms with Crippen molar-refractivity contribution < 1.29 is 9.34 Å². The number of nitrogens with one attached hydrogen (secondary N) is 1. The van der Waals surface area contributed by atoms with Crippen molar-refractivity contribution in [1.82, 2.24) is 10.3 Å². The van der Waals surface area contributed by atoms with E-state index in [9.17, 15) is 10.1 Å². The van der Waals surface area contributed by atoms with E-state index in [4.69, 9.17) is 4.42 Å². The van der Waals surface area contributed by atoms with Gasteiger partial charge in [0.2, 0.25) is 5.89 Å². The molecule has 6 nitrogen and oxygen atoms in total. The first-order chi connectivity index (χ1) is 9.65. The maximum atomic E-state index is 11.1. The summed E-state index contributed by atoms with van der Waals surface area (Å²) < 4.78 is 5.42. The summed E-state index contributed by atoms with van der Waals surface area (Å²) in [5.41, 5.74) is 2.02. The van der Waals surface area contributed by atoms with Gasteiger partial charge in [-0.1, -0.05) is 12.1 Å². The van der Waals surface area contributed by atoms with Gasteiger partial charge in [0.15, 0.2) is 0 Å². The van der Waals surface area contributed by atoms with Gasteiger partial charge in [-0.2, -0.15) is 0 Å². The van der Waals surface area contributed by atoms with Crippen LogP contribution in [0.3, 0.4) is 0 Å². The summed E-state index contributed by atoms with van der Waals surface area (Å²) in [6.07, 6.45) is 3.96. The van der Waals surface area contributed by atoms with Gasteiger partial charge in [-0.15, -0.1) is 0 Å². The van der Waals surface area contributed by atoms with Crippen molar-refractivity contribution in [2.45, 2.75) is 32.4 Å². The average molecular weight is 273 g/mol. The summed E-state index contributed by atoms with van der Waals surface area (Å²) in [6.45, 7) is 2.45. The lowest BCUT2D eigenvalue weighted by Gasteiger charge is -2.02. The Labute approximate surface area is 116 Å². The molecule has 1 saturated carbocycles. The first-order valence-corrected chi connectivity index (χ1v) is 6.57. The molecule has 104 valence electrons. The van der Waals surface area contributed by atoms with Crippen molar-refractivity contribution in [3.63, 3.8) is 0 Å². The zero-order chi connectivity index (χ0) is 14.1. The van der Waals surface area contributed by atoms with Gasteiger partial charge in [0, 0.05) is 18.7 Å². The number of aryl methyl sites for hydroxylation is 1. The molecule has 6 heteroatoms. The van der Waals surface area contributed by atoms with E-state index in [2.05, 4.69) is 10.3 Å². The molecule has 0 atom stereocenters. The highest BCUT2D eigenvalue weighted by molar-refractivity contribution is 5.70. The number of nitrogens with zero attached hydrogens (tertiary/aromatic N) is 2. The minimum absolute atomic E-state index is 0.0218. The average Bonchev–Trinajstić information content (AvgIpc) is 3.14. The van der Waals surface area contributed by atoms with Crippen molar-refractivity contribution >= 4 is 5.69 Å². The number of nitro benzene ring substituents is 1. The Morgan fingerprint density at radius 3 is 3.00 bits per heavy atom. The molecule has 1 fully saturated rings. The molecule has 2 aromatic rings. The maximum Gasteiger partial charge on any atom is 0.282 e. The number of aromatic nitrogens is 1. The second kappa shape index (κ2) is 5.05. The standard InChI is InChI=1S/C14H15N3O3/c1-9-3-2-4-12(17(18)19)13(9)14-16-11(8-20-14)7-15-10-5-6-10/h2-4,8,10,15H,5-7H2,1H3. The Kier molecular flexibility index (Phi) is 3.23. The number of hydrogen-bond acceptors (Lipinski definition) is 5. The lowest BCUT2D eigenvalue weighted by molar-refractivity contribution is -0.384. The van der Waals surface area contributed by atoms with Crippen LogP contribution in [0.15, 0.2) is 28.9 Å². The van der Waals surface area contributed by atoms with Gasteiger partial charge < -0.3 is 9.73 Å². The normalized spacial score (nSPS) is 14.4. The molecule has 1 aromatic heterocycles. The first-order valence-electron chi connectivity index (χ1n) is 6.57. The third-order valence-electron chi connectivity index (χ3n) is 3.36. The van der Waals surface area contributed by atoms with Gasteiger partial charge in [-0.25, -0.2) is 4.98 Å². The van der Waals surface area contributed by atoms with Crippen molar-refractivity contribution in [3.05, 3.63) is 45.8 Å². The molecular formula is C14H15N3O3. The predicted molar refractivity (Wildman–Crippen MR) is 73.2 cm³/mol. The molecule has 0 bridgehead atoms. The van der Waals surface area contributed by atoms with E-state index < -0.39 is 4.92 Å². The van der Waals surface area contributed by atoms with E-state index in [0.717, 1.165) is 11.3 Å². The van der Waals surface area contributed by atoms with Crippen molar-refractivity contribution in [1.29, 1.82) is 0 Å². The number of rotatable bonds is 5. The SMILES string of the molecule is Cc1cccc([N+](=O)[O-])c1-c1nc(CNC2CC2)co1. The molecule has 0 aliphatic heterocycles. The largest absolute Gasteiger partial charge is 0.444 e. The molecule has 0 radical (unpaired) electrons. The van der Waals surface area contributed by atoms with Gasteiger partial charge in [-0.05, 0) is 25.3 Å². The Morgan fingerprint density at radius 2 is 2.30 bits per heavy atom. The van der Waals surface area contributed by atoms with Gasteiger partial charge in [0.1, 0.15) is 11.8 Å². The highest BCUT2D eigenvalue weighted by Crippen LogP contribution is 2.32. The number of nitro groups is 1. The third-order valence-corrected chi connectivity index (χ3v) is 3.36. The smallest absolute Gasteiger partial charge is 0.282 e. The Balaban J connectivity index is 1.90. The molecular weight excluding hydrogens is 258 g/mol. The summed E-state index contributed by atoms with van der Waals surface area (Å²) in [7, 11) is 0. The minimum atomic E-state index is -0.408. The molecule has 20 heavy (non-hydrogen) atoms. The molecule has 1 aliphatic rings. The Bertz CT molecular complexity index is 647. The molecule has 0 unspecified atom stereocenters. The zero-order valence-corrected chi connectivity index (χ0v) is 11.1. The Morgan fingerprint density at radius 1 is 1.50 bits per heavy atom. The fraction of sp³-hybridized carbons (Fsp3) is 0.357. The maximum absolute atomic E-state index is 11.1. The van der Waals surface area contributed by atoms with Crippen molar-refractivity contribution in [2.75, 3.05) is 0 Å². The fourth-order valence-corrected chi connectivity index (χ4v) is 2.12. The first kappa shape index (κ1) is 12.8. The molecule has 1 heterocycles. The van der Waals surface area contributed by atoms with E-state index >= 15 is 0 Å². The topological polar surface area (TPSA) is 81.2 Å². The van der Waals surface area contributed by atoms with Crippen LogP contribution in [0.5, 0.6) is 0 Å². The second-order valence-corrected chi connectivity index (χ2v) is 5.03. The molecule has 0 amide bonds. The van der Waals surface area contributed by atoms with Crippen LogP contribution in [0.2, 0.25) is 0 Å². The molecule has 3 rings (SSSR count). The lowest BCUT2D eigenvalue weighted by atomic mass is 10.1. The van der Waals surface area contributed by atoms with E-state index in [-0.39, 0.29) is 5.69 Å². The van der Waals surface area contributed by atoms with Crippen molar-refractivity contribution in [3.8, 4) is 11.5 Å². The van der Waals surface area contributed by atoms with Gasteiger partial charge >= 0.3 is 0 Å². The van der Waals surface area contributed by atoms with Gasteiger partial charge in [0.05, 0.1) is 10.6 Å². The van der Waals surface area contributed by atoms with Crippen LogP contribution in [0.4, 0.5) is 5.69 Å². The monoisotopic (exact) mass is 273 g/mol. The zero-order valence-electron chi connectivity index (χ0n) is 11.1. The quantitative estimate of drug-likeness (QED) is 0.669. The van der Waals surface area contributed by atoms with E-state index in [1.165, 1.54) is 18.9 Å². The fourth-order valence-electron chi connectivity index (χ4n) is 2.12. The summed E-state index contributed by atoms with van der Waals surface area (Å²) in [5.74, 6) is 0.308. The van der Waals surface area contributed by atoms with Crippen LogP contribution in [0.1, 0.15) is 24.1 Å². The van der Waals surface area contributed by atoms with Crippen LogP contribution in [0.25, 0.3) is 11.5 Å². The van der Waals surface area contributed by atoms with E-state index in [0.29, 0.717) is 24.0 Å². The molecule has 0 saturated heterocycles. The Hall–Kier alpha value is -2.21. The van der Waals surface area contributed by atoms with Crippen molar-refractivity contribution in [2.24, 2.45) is 0 Å². The lowest BCUT2D eigenvalue weighted by Crippen LogP contribution is -2.15. The molecule has 1 aromatic carbocycles. The molecule has 0 spiro atoms. The summed E-state index contributed by atoms with van der Waals surface area (Å²) in [6, 6.07) is 5.53. The number of hydrogen-bond donors (Lipinski definition) is 1. The third kappa shape index (κ3) is 2.55. The predicted octanol–water partition coefficient (Wildman–Crippen LogP) is 2.81. The van der Waals surface area contributed by atoms with E-state index in [1.807, 2.05) is 13.0 Å². The van der Waals surface area contributed by atoms with Crippen LogP contribution in [-0.4, -0.2) is 15.9 Å². The summed E-state index contributed by atoms with van der Waals surface area (Å²) >= 11 is 0. The van der Waals surface area contributed by atoms with Crippen LogP contribution in [0, 0.1) is 17.0 Å². The highest BCUT2D eigenvalue weighted by atomic mass is 16.6. The number of benzene rings is 1. The second-order valence-electron chi connectivity index (χ2n) is 5.03. The number of oxazole rings is 1. The minimum Gasteiger partial charge on any atom is -0.444 e. The van der Waals surface area contributed by atoms with Crippen LogP contribution < -0.4 is 5.32 Å². The van der Waals surface area contributed by atoms with Gasteiger partial charge in [0.25, 0.3) is 5.69 Å². The molecule has 1 N–H and O–H groups in total. The highest BCUT2D eigenvalue weighted by Gasteiger charge is 2.23. The van der Waals surface area contributed by atoms with E-state index in [1.54, 1.807) is 12.3 Å². The summed E-state index contributed by atoms with van der Waals surface area (Å²) in [5, 5.41) is 14.4. The van der Waals surface area contributed by atoms with Gasteiger partial charge in [-0.3, -0.25) is 10.1 Å². The molecule has 1 aliphatic carbocycles.